The number of benzene rings is 2. The van der Waals surface area contributed by atoms with Gasteiger partial charge in [0, 0.05) is 6.07 Å². The van der Waals surface area contributed by atoms with Crippen LogP contribution in [0.15, 0.2) is 42.5 Å². The molecule has 1 aliphatic rings. The Morgan fingerprint density at radius 3 is 2.08 bits per heavy atom. The Hall–Kier alpha value is -2.69. The Morgan fingerprint density at radius 1 is 1.00 bits per heavy atom. The van der Waals surface area contributed by atoms with Crippen LogP contribution < -0.4 is 9.64 Å². The van der Waals surface area contributed by atoms with Gasteiger partial charge in [-0.2, -0.15) is 0 Å². The highest BCUT2D eigenvalue weighted by molar-refractivity contribution is 6.34. The Labute approximate surface area is 139 Å². The Kier molecular flexibility index (Phi) is 3.87. The van der Waals surface area contributed by atoms with Crippen LogP contribution in [-0.4, -0.2) is 18.4 Å². The topological polar surface area (TPSA) is 46.6 Å². The summed E-state index contributed by atoms with van der Waals surface area (Å²) in [5.74, 6) is -1.39. The average molecular weight is 327 g/mol. The molecule has 2 aromatic carbocycles. The molecule has 2 amide bonds. The van der Waals surface area contributed by atoms with Crippen LogP contribution in [0, 0.1) is 11.2 Å². The van der Waals surface area contributed by atoms with Gasteiger partial charge in [0.25, 0.3) is 11.8 Å². The second kappa shape index (κ2) is 5.74. The third kappa shape index (κ3) is 2.89. The molecule has 0 N–H and O–H groups in total. The number of ether oxygens (including phenoxy) is 1. The lowest BCUT2D eigenvalue weighted by atomic mass is 9.99. The quantitative estimate of drug-likeness (QED) is 0.799. The third-order valence-electron chi connectivity index (χ3n) is 3.63. The van der Waals surface area contributed by atoms with Crippen molar-refractivity contribution in [2.75, 3.05) is 11.5 Å². The van der Waals surface area contributed by atoms with Gasteiger partial charge in [-0.15, -0.1) is 0 Å². The number of anilines is 1. The predicted octanol–water partition coefficient (Wildman–Crippen LogP) is 4.05. The van der Waals surface area contributed by atoms with Crippen molar-refractivity contribution >= 4 is 17.5 Å². The number of imide groups is 1. The molecule has 0 saturated heterocycles. The maximum absolute atomic E-state index is 14.3. The molecule has 0 spiro atoms. The van der Waals surface area contributed by atoms with Gasteiger partial charge in [0.15, 0.2) is 11.6 Å². The van der Waals surface area contributed by atoms with Crippen LogP contribution in [-0.2, 0) is 0 Å². The number of carbonyl (C=O) groups excluding carboxylic acids is 2. The van der Waals surface area contributed by atoms with Crippen molar-refractivity contribution in [3.05, 3.63) is 59.4 Å². The van der Waals surface area contributed by atoms with Gasteiger partial charge in [0.2, 0.25) is 0 Å². The molecule has 0 fully saturated rings. The summed E-state index contributed by atoms with van der Waals surface area (Å²) in [7, 11) is 0. The van der Waals surface area contributed by atoms with Crippen molar-refractivity contribution in [3.63, 3.8) is 0 Å². The minimum Gasteiger partial charge on any atom is -0.490 e. The Balaban J connectivity index is 1.88. The van der Waals surface area contributed by atoms with E-state index in [1.54, 1.807) is 24.3 Å². The first-order valence-corrected chi connectivity index (χ1v) is 7.68. The number of halogens is 1. The normalized spacial score (nSPS) is 14.1. The zero-order valence-corrected chi connectivity index (χ0v) is 13.8. The van der Waals surface area contributed by atoms with E-state index in [9.17, 15) is 14.0 Å². The predicted molar refractivity (Wildman–Crippen MR) is 88.9 cm³/mol. The van der Waals surface area contributed by atoms with Crippen LogP contribution in [0.2, 0.25) is 0 Å². The zero-order valence-electron chi connectivity index (χ0n) is 13.8. The van der Waals surface area contributed by atoms with Gasteiger partial charge < -0.3 is 4.74 Å². The van der Waals surface area contributed by atoms with Crippen LogP contribution in [0.5, 0.6) is 5.75 Å². The molecule has 0 radical (unpaired) electrons. The van der Waals surface area contributed by atoms with Crippen molar-refractivity contribution in [1.82, 2.24) is 0 Å². The third-order valence-corrected chi connectivity index (χ3v) is 3.63. The second-order valence-corrected chi connectivity index (χ2v) is 6.96. The van der Waals surface area contributed by atoms with E-state index in [1.165, 1.54) is 12.1 Å². The summed E-state index contributed by atoms with van der Waals surface area (Å²) in [5.41, 5.74) is 0.752. The van der Waals surface area contributed by atoms with Gasteiger partial charge in [-0.05, 0) is 29.7 Å². The minimum atomic E-state index is -0.603. The number of hydrogen-bond donors (Lipinski definition) is 0. The van der Waals surface area contributed by atoms with Crippen molar-refractivity contribution in [2.24, 2.45) is 5.41 Å². The van der Waals surface area contributed by atoms with E-state index in [1.807, 2.05) is 20.8 Å². The Bertz CT molecular complexity index is 789. The molecule has 124 valence electrons. The molecule has 0 bridgehead atoms. The maximum atomic E-state index is 14.3. The van der Waals surface area contributed by atoms with Crippen LogP contribution in [0.4, 0.5) is 10.1 Å². The van der Waals surface area contributed by atoms with E-state index < -0.39 is 17.6 Å². The standard InChI is InChI=1S/C19H18FNO3/c1-19(2,3)11-24-16-9-8-12(10-15(16)20)21-17(22)13-6-4-5-7-14(13)18(21)23/h4-10H,11H2,1-3H3. The Morgan fingerprint density at radius 2 is 1.58 bits per heavy atom. The minimum absolute atomic E-state index is 0.102. The highest BCUT2D eigenvalue weighted by atomic mass is 19.1. The fourth-order valence-electron chi connectivity index (χ4n) is 2.46. The summed E-state index contributed by atoms with van der Waals surface area (Å²) >= 11 is 0. The van der Waals surface area contributed by atoms with Crippen LogP contribution in [0.1, 0.15) is 41.5 Å². The highest BCUT2D eigenvalue weighted by Gasteiger charge is 2.36. The van der Waals surface area contributed by atoms with Crippen molar-refractivity contribution in [3.8, 4) is 5.75 Å². The molecule has 1 heterocycles. The second-order valence-electron chi connectivity index (χ2n) is 6.96. The summed E-state index contributed by atoms with van der Waals surface area (Å²) in [5, 5.41) is 0. The van der Waals surface area contributed by atoms with E-state index in [2.05, 4.69) is 0 Å². The molecule has 5 heteroatoms. The van der Waals surface area contributed by atoms with E-state index >= 15 is 0 Å². The fourth-order valence-corrected chi connectivity index (χ4v) is 2.46. The van der Waals surface area contributed by atoms with Crippen LogP contribution in [0.3, 0.4) is 0 Å². The molecule has 3 rings (SSSR count). The van der Waals surface area contributed by atoms with E-state index in [-0.39, 0.29) is 16.9 Å². The van der Waals surface area contributed by atoms with E-state index in [0.29, 0.717) is 17.7 Å². The van der Waals surface area contributed by atoms with E-state index in [4.69, 9.17) is 4.74 Å². The zero-order chi connectivity index (χ0) is 17.5. The molecule has 1 aliphatic heterocycles. The summed E-state index contributed by atoms with van der Waals surface area (Å²) in [6.07, 6.45) is 0. The summed E-state index contributed by atoms with van der Waals surface area (Å²) in [6.45, 7) is 6.31. The first-order chi connectivity index (χ1) is 11.3. The molecule has 0 unspecified atom stereocenters. The number of carbonyl (C=O) groups is 2. The van der Waals surface area contributed by atoms with Crippen molar-refractivity contribution in [1.29, 1.82) is 0 Å². The molecule has 2 aromatic rings. The number of rotatable bonds is 3. The van der Waals surface area contributed by atoms with Gasteiger partial charge >= 0.3 is 0 Å². The van der Waals surface area contributed by atoms with Gasteiger partial charge in [-0.3, -0.25) is 9.59 Å². The molecular weight excluding hydrogens is 309 g/mol. The SMILES string of the molecule is CC(C)(C)COc1ccc(N2C(=O)c3ccccc3C2=O)cc1F. The number of nitrogens with zero attached hydrogens (tertiary/aromatic N) is 1. The smallest absolute Gasteiger partial charge is 0.266 e. The van der Waals surface area contributed by atoms with E-state index in [0.717, 1.165) is 11.0 Å². The number of amides is 2. The monoisotopic (exact) mass is 327 g/mol. The summed E-state index contributed by atoms with van der Waals surface area (Å²) in [6, 6.07) is 10.7. The molecular formula is C19H18FNO3. The first-order valence-electron chi connectivity index (χ1n) is 7.68. The van der Waals surface area contributed by atoms with Gasteiger partial charge in [-0.1, -0.05) is 32.9 Å². The fraction of sp³-hybridized carbons (Fsp3) is 0.263. The summed E-state index contributed by atoms with van der Waals surface area (Å²) < 4.78 is 19.8. The lowest BCUT2D eigenvalue weighted by Crippen LogP contribution is -2.29. The lowest BCUT2D eigenvalue weighted by molar-refractivity contribution is 0.0926. The molecule has 24 heavy (non-hydrogen) atoms. The van der Waals surface area contributed by atoms with Crippen LogP contribution >= 0.6 is 0 Å². The van der Waals surface area contributed by atoms with Crippen molar-refractivity contribution in [2.45, 2.75) is 20.8 Å². The average Bonchev–Trinajstić information content (AvgIpc) is 2.77. The largest absolute Gasteiger partial charge is 0.490 e. The van der Waals surface area contributed by atoms with Crippen LogP contribution in [0.25, 0.3) is 0 Å². The molecule has 0 aromatic heterocycles. The molecule has 0 atom stereocenters. The van der Waals surface area contributed by atoms with Crippen molar-refractivity contribution < 1.29 is 18.7 Å². The highest BCUT2D eigenvalue weighted by Crippen LogP contribution is 2.31. The first kappa shape index (κ1) is 16.2. The maximum Gasteiger partial charge on any atom is 0.266 e. The summed E-state index contributed by atoms with van der Waals surface area (Å²) in [4.78, 5) is 25.8. The van der Waals surface area contributed by atoms with Gasteiger partial charge in [0.05, 0.1) is 23.4 Å². The molecule has 0 aliphatic carbocycles. The van der Waals surface area contributed by atoms with Gasteiger partial charge in [0.1, 0.15) is 0 Å². The molecule has 4 nitrogen and oxygen atoms in total. The number of hydrogen-bond acceptors (Lipinski definition) is 3. The van der Waals surface area contributed by atoms with Gasteiger partial charge in [-0.25, -0.2) is 9.29 Å². The lowest BCUT2D eigenvalue weighted by Gasteiger charge is -2.20. The number of fused-ring (bicyclic) bond motifs is 1. The molecule has 0 saturated carbocycles.